The van der Waals surface area contributed by atoms with Crippen LogP contribution in [0.3, 0.4) is 0 Å². The van der Waals surface area contributed by atoms with Gasteiger partial charge in [0.2, 0.25) is 0 Å². The number of aromatic nitrogens is 2. The van der Waals surface area contributed by atoms with Gasteiger partial charge in [-0.05, 0) is 26.7 Å². The Labute approximate surface area is 72.5 Å². The molecule has 1 rings (SSSR count). The molecule has 0 spiro atoms. The molecule has 1 N–H and O–H groups in total. The van der Waals surface area contributed by atoms with Crippen LogP contribution in [0.1, 0.15) is 24.7 Å². The third kappa shape index (κ3) is 2.96. The summed E-state index contributed by atoms with van der Waals surface area (Å²) in [5.41, 5.74) is 1.87. The van der Waals surface area contributed by atoms with E-state index in [9.17, 15) is 0 Å². The molecule has 0 saturated heterocycles. The van der Waals surface area contributed by atoms with E-state index in [1.165, 1.54) is 0 Å². The van der Waals surface area contributed by atoms with E-state index in [4.69, 9.17) is 5.11 Å². The van der Waals surface area contributed by atoms with Gasteiger partial charge in [0.25, 0.3) is 0 Å². The molecule has 3 nitrogen and oxygen atoms in total. The molecule has 0 fully saturated rings. The number of nitrogens with zero attached hydrogens (tertiary/aromatic N) is 2. The van der Waals surface area contributed by atoms with Gasteiger partial charge in [-0.25, -0.2) is 0 Å². The van der Waals surface area contributed by atoms with E-state index in [1.54, 1.807) is 19.3 Å². The molecule has 0 aromatic carbocycles. The number of aliphatic hydroxyl groups excluding tert-OH is 1. The summed E-state index contributed by atoms with van der Waals surface area (Å²) in [6.07, 6.45) is 4.80. The van der Waals surface area contributed by atoms with E-state index >= 15 is 0 Å². The monoisotopic (exact) mass is 166 g/mol. The van der Waals surface area contributed by atoms with Crippen molar-refractivity contribution in [2.45, 2.75) is 32.8 Å². The van der Waals surface area contributed by atoms with Crippen LogP contribution in [0, 0.1) is 6.92 Å². The predicted molar refractivity (Wildman–Crippen MR) is 46.8 cm³/mol. The van der Waals surface area contributed by atoms with Gasteiger partial charge in [-0.2, -0.15) is 0 Å². The summed E-state index contributed by atoms with van der Waals surface area (Å²) >= 11 is 0. The fourth-order valence-corrected chi connectivity index (χ4v) is 0.905. The topological polar surface area (TPSA) is 46.0 Å². The zero-order valence-corrected chi connectivity index (χ0v) is 7.49. The maximum atomic E-state index is 9.02. The highest BCUT2D eigenvalue weighted by molar-refractivity contribution is 5.00. The SMILES string of the molecule is Cc1cnc(CCC(C)O)cn1. The van der Waals surface area contributed by atoms with Crippen LogP contribution in [-0.2, 0) is 6.42 Å². The molecular weight excluding hydrogens is 152 g/mol. The number of rotatable bonds is 3. The maximum absolute atomic E-state index is 9.02. The van der Waals surface area contributed by atoms with Crippen LogP contribution in [0.15, 0.2) is 12.4 Å². The number of hydrogen-bond donors (Lipinski definition) is 1. The first-order valence-electron chi connectivity index (χ1n) is 4.14. The molecular formula is C9H14N2O. The molecule has 1 atom stereocenters. The van der Waals surface area contributed by atoms with Crippen LogP contribution in [0.5, 0.6) is 0 Å². The minimum atomic E-state index is -0.256. The second-order valence-electron chi connectivity index (χ2n) is 3.04. The van der Waals surface area contributed by atoms with Crippen molar-refractivity contribution < 1.29 is 5.11 Å². The van der Waals surface area contributed by atoms with Crippen molar-refractivity contribution in [3.8, 4) is 0 Å². The van der Waals surface area contributed by atoms with Gasteiger partial charge < -0.3 is 5.11 Å². The summed E-state index contributed by atoms with van der Waals surface area (Å²) in [6.45, 7) is 3.69. The van der Waals surface area contributed by atoms with Crippen molar-refractivity contribution in [3.63, 3.8) is 0 Å². The Bertz CT molecular complexity index is 231. The molecule has 3 heteroatoms. The van der Waals surface area contributed by atoms with Crippen LogP contribution < -0.4 is 0 Å². The van der Waals surface area contributed by atoms with Crippen molar-refractivity contribution in [1.29, 1.82) is 0 Å². The lowest BCUT2D eigenvalue weighted by Crippen LogP contribution is -2.03. The summed E-state index contributed by atoms with van der Waals surface area (Å²) in [5, 5.41) is 9.02. The summed E-state index contributed by atoms with van der Waals surface area (Å²) in [4.78, 5) is 8.29. The normalized spacial score (nSPS) is 12.9. The third-order valence-corrected chi connectivity index (χ3v) is 1.65. The van der Waals surface area contributed by atoms with E-state index in [0.29, 0.717) is 0 Å². The van der Waals surface area contributed by atoms with Crippen molar-refractivity contribution in [1.82, 2.24) is 9.97 Å². The van der Waals surface area contributed by atoms with Gasteiger partial charge in [0.15, 0.2) is 0 Å². The molecule has 0 amide bonds. The molecule has 1 aromatic heterocycles. The maximum Gasteiger partial charge on any atom is 0.0587 e. The Morgan fingerprint density at radius 3 is 2.67 bits per heavy atom. The van der Waals surface area contributed by atoms with E-state index < -0.39 is 0 Å². The van der Waals surface area contributed by atoms with Crippen molar-refractivity contribution >= 4 is 0 Å². The number of hydrogen-bond acceptors (Lipinski definition) is 3. The molecule has 0 aliphatic rings. The minimum Gasteiger partial charge on any atom is -0.393 e. The second kappa shape index (κ2) is 4.16. The van der Waals surface area contributed by atoms with Gasteiger partial charge in [0, 0.05) is 12.4 Å². The number of aliphatic hydroxyl groups is 1. The van der Waals surface area contributed by atoms with E-state index in [1.807, 2.05) is 6.92 Å². The van der Waals surface area contributed by atoms with Gasteiger partial charge in [0.05, 0.1) is 17.5 Å². The largest absolute Gasteiger partial charge is 0.393 e. The average molecular weight is 166 g/mol. The zero-order chi connectivity index (χ0) is 8.97. The van der Waals surface area contributed by atoms with Gasteiger partial charge in [-0.1, -0.05) is 0 Å². The van der Waals surface area contributed by atoms with Crippen molar-refractivity contribution in [2.75, 3.05) is 0 Å². The lowest BCUT2D eigenvalue weighted by atomic mass is 10.2. The van der Waals surface area contributed by atoms with Gasteiger partial charge in [0.1, 0.15) is 0 Å². The molecule has 0 aliphatic carbocycles. The second-order valence-corrected chi connectivity index (χ2v) is 3.04. The van der Waals surface area contributed by atoms with Gasteiger partial charge in [-0.15, -0.1) is 0 Å². The minimum absolute atomic E-state index is 0.256. The molecule has 0 saturated carbocycles. The highest BCUT2D eigenvalue weighted by Gasteiger charge is 1.98. The smallest absolute Gasteiger partial charge is 0.0587 e. The standard InChI is InChI=1S/C9H14N2O/c1-7-5-11-9(6-10-7)4-3-8(2)12/h5-6,8,12H,3-4H2,1-2H3. The molecule has 0 radical (unpaired) electrons. The Morgan fingerprint density at radius 2 is 2.17 bits per heavy atom. The van der Waals surface area contributed by atoms with Crippen molar-refractivity contribution in [2.24, 2.45) is 0 Å². The van der Waals surface area contributed by atoms with Crippen LogP contribution in [0.4, 0.5) is 0 Å². The van der Waals surface area contributed by atoms with E-state index in [-0.39, 0.29) is 6.10 Å². The average Bonchev–Trinajstić information content (AvgIpc) is 2.03. The summed E-state index contributed by atoms with van der Waals surface area (Å²) in [5.74, 6) is 0. The lowest BCUT2D eigenvalue weighted by Gasteiger charge is -2.02. The molecule has 12 heavy (non-hydrogen) atoms. The predicted octanol–water partition coefficient (Wildman–Crippen LogP) is 1.10. The fourth-order valence-electron chi connectivity index (χ4n) is 0.905. The quantitative estimate of drug-likeness (QED) is 0.731. The zero-order valence-electron chi connectivity index (χ0n) is 7.49. The van der Waals surface area contributed by atoms with E-state index in [2.05, 4.69) is 9.97 Å². The van der Waals surface area contributed by atoms with Crippen molar-refractivity contribution in [3.05, 3.63) is 23.8 Å². The Kier molecular flexibility index (Phi) is 3.17. The first-order valence-corrected chi connectivity index (χ1v) is 4.14. The van der Waals surface area contributed by atoms with Gasteiger partial charge >= 0.3 is 0 Å². The van der Waals surface area contributed by atoms with Crippen LogP contribution in [0.25, 0.3) is 0 Å². The first kappa shape index (κ1) is 9.13. The summed E-state index contributed by atoms with van der Waals surface area (Å²) < 4.78 is 0. The van der Waals surface area contributed by atoms with Crippen LogP contribution in [0.2, 0.25) is 0 Å². The van der Waals surface area contributed by atoms with Crippen LogP contribution >= 0.6 is 0 Å². The molecule has 1 aromatic rings. The highest BCUT2D eigenvalue weighted by atomic mass is 16.3. The summed E-state index contributed by atoms with van der Waals surface area (Å²) in [6, 6.07) is 0. The Hall–Kier alpha value is -0.960. The molecule has 66 valence electrons. The Balaban J connectivity index is 2.48. The molecule has 0 aliphatic heterocycles. The summed E-state index contributed by atoms with van der Waals surface area (Å²) in [7, 11) is 0. The highest BCUT2D eigenvalue weighted by Crippen LogP contribution is 2.00. The van der Waals surface area contributed by atoms with Crippen LogP contribution in [-0.4, -0.2) is 21.2 Å². The third-order valence-electron chi connectivity index (χ3n) is 1.65. The Morgan fingerprint density at radius 1 is 1.42 bits per heavy atom. The molecule has 1 heterocycles. The molecule has 0 bridgehead atoms. The molecule has 1 unspecified atom stereocenters. The fraction of sp³-hybridized carbons (Fsp3) is 0.556. The number of aryl methyl sites for hydroxylation is 2. The van der Waals surface area contributed by atoms with Gasteiger partial charge in [-0.3, -0.25) is 9.97 Å². The lowest BCUT2D eigenvalue weighted by molar-refractivity contribution is 0.184. The first-order chi connectivity index (χ1) is 5.68. The van der Waals surface area contributed by atoms with E-state index in [0.717, 1.165) is 24.2 Å².